The van der Waals surface area contributed by atoms with Crippen LogP contribution in [0.15, 0.2) is 60.9 Å². The summed E-state index contributed by atoms with van der Waals surface area (Å²) in [5.74, 6) is 1.11. The number of anilines is 2. The van der Waals surface area contributed by atoms with Crippen molar-refractivity contribution < 1.29 is 9.53 Å². The van der Waals surface area contributed by atoms with Crippen LogP contribution in [0.1, 0.15) is 53.1 Å². The molecule has 0 aliphatic heterocycles. The number of nitrogens with zero attached hydrogens (tertiary/aromatic N) is 4. The van der Waals surface area contributed by atoms with Crippen molar-refractivity contribution in [2.45, 2.75) is 65.8 Å². The standard InChI is InChI=1S/C29H37N7O2/c1-19(2)36-18-32-24-25(30-17-21-12-14-23(15-13-21)22-10-8-7-9-11-22)34-27(35-26(24)36)31-16-20(3)33-28(37)38-29(4,5)6/h7-15,18-20H,16-17H2,1-6H3,(H,33,37)(H2,30,31,34,35)/t20-/m0/s1. The SMILES string of the molecule is CC(C)n1cnc2c(NCc3ccc(-c4ccccc4)cc3)nc(NC[C@H](C)NC(=O)OC(C)(C)C)nc21. The molecule has 0 aliphatic carbocycles. The number of hydrogen-bond donors (Lipinski definition) is 3. The van der Waals surface area contributed by atoms with Crippen molar-refractivity contribution in [3.63, 3.8) is 0 Å². The third kappa shape index (κ3) is 7.00. The number of ether oxygens (including phenoxy) is 1. The molecular weight excluding hydrogens is 478 g/mol. The number of fused-ring (bicyclic) bond motifs is 1. The Kier molecular flexibility index (Phi) is 8.14. The average molecular weight is 516 g/mol. The van der Waals surface area contributed by atoms with E-state index in [1.54, 1.807) is 6.33 Å². The van der Waals surface area contributed by atoms with E-state index in [9.17, 15) is 4.79 Å². The van der Waals surface area contributed by atoms with Crippen LogP contribution >= 0.6 is 0 Å². The summed E-state index contributed by atoms with van der Waals surface area (Å²) in [6, 6.07) is 18.8. The van der Waals surface area contributed by atoms with E-state index in [2.05, 4.69) is 71.2 Å². The Hall–Kier alpha value is -4.14. The molecule has 0 radical (unpaired) electrons. The van der Waals surface area contributed by atoms with E-state index >= 15 is 0 Å². The Morgan fingerprint density at radius 2 is 1.63 bits per heavy atom. The molecule has 4 rings (SSSR count). The number of amides is 1. The lowest BCUT2D eigenvalue weighted by molar-refractivity contribution is 0.0511. The Morgan fingerprint density at radius 3 is 2.29 bits per heavy atom. The van der Waals surface area contributed by atoms with E-state index in [1.165, 1.54) is 11.1 Å². The monoisotopic (exact) mass is 515 g/mol. The zero-order valence-corrected chi connectivity index (χ0v) is 22.9. The second-order valence-electron chi connectivity index (χ2n) is 10.7. The highest BCUT2D eigenvalue weighted by Gasteiger charge is 2.19. The summed E-state index contributed by atoms with van der Waals surface area (Å²) >= 11 is 0. The van der Waals surface area contributed by atoms with Gasteiger partial charge in [-0.3, -0.25) is 0 Å². The maximum Gasteiger partial charge on any atom is 0.407 e. The third-order valence-electron chi connectivity index (χ3n) is 5.83. The number of alkyl carbamates (subject to hydrolysis) is 1. The van der Waals surface area contributed by atoms with E-state index in [0.29, 0.717) is 30.4 Å². The van der Waals surface area contributed by atoms with Crippen LogP contribution in [0.25, 0.3) is 22.3 Å². The number of nitrogens with one attached hydrogen (secondary N) is 3. The molecule has 4 aromatic rings. The van der Waals surface area contributed by atoms with Crippen LogP contribution in [-0.2, 0) is 11.3 Å². The van der Waals surface area contributed by atoms with Gasteiger partial charge in [-0.1, -0.05) is 54.6 Å². The predicted octanol–water partition coefficient (Wildman–Crippen LogP) is 6.01. The number of hydrogen-bond acceptors (Lipinski definition) is 7. The van der Waals surface area contributed by atoms with Crippen LogP contribution in [-0.4, -0.2) is 43.8 Å². The molecule has 0 aliphatic rings. The Labute approximate surface area is 224 Å². The van der Waals surface area contributed by atoms with Crippen molar-refractivity contribution in [1.82, 2.24) is 24.8 Å². The van der Waals surface area contributed by atoms with Gasteiger partial charge in [0.2, 0.25) is 5.95 Å². The second kappa shape index (κ2) is 11.5. The lowest BCUT2D eigenvalue weighted by Crippen LogP contribution is -2.41. The molecule has 2 heterocycles. The van der Waals surface area contributed by atoms with Crippen molar-refractivity contribution in [3.8, 4) is 11.1 Å². The average Bonchev–Trinajstić information content (AvgIpc) is 3.30. The number of carbonyl (C=O) groups is 1. The minimum absolute atomic E-state index is 0.189. The van der Waals surface area contributed by atoms with Gasteiger partial charge in [-0.25, -0.2) is 9.78 Å². The fourth-order valence-corrected chi connectivity index (χ4v) is 3.93. The summed E-state index contributed by atoms with van der Waals surface area (Å²) in [6.45, 7) is 12.6. The molecule has 9 heteroatoms. The van der Waals surface area contributed by atoms with E-state index in [1.807, 2.05) is 50.5 Å². The van der Waals surface area contributed by atoms with E-state index in [4.69, 9.17) is 14.7 Å². The fraction of sp³-hybridized carbons (Fsp3) is 0.379. The summed E-state index contributed by atoms with van der Waals surface area (Å²) < 4.78 is 7.36. The van der Waals surface area contributed by atoms with Crippen LogP contribution in [0, 0.1) is 0 Å². The minimum atomic E-state index is -0.553. The molecule has 9 nitrogen and oxygen atoms in total. The largest absolute Gasteiger partial charge is 0.444 e. The highest BCUT2D eigenvalue weighted by Crippen LogP contribution is 2.25. The molecule has 0 saturated heterocycles. The maximum absolute atomic E-state index is 12.1. The second-order valence-corrected chi connectivity index (χ2v) is 10.7. The maximum atomic E-state index is 12.1. The summed E-state index contributed by atoms with van der Waals surface area (Å²) in [7, 11) is 0. The Bertz CT molecular complexity index is 1360. The molecule has 1 amide bonds. The van der Waals surface area contributed by atoms with Gasteiger partial charge in [-0.05, 0) is 58.2 Å². The topological polar surface area (TPSA) is 106 Å². The van der Waals surface area contributed by atoms with Gasteiger partial charge >= 0.3 is 6.09 Å². The molecule has 0 fully saturated rings. The summed E-state index contributed by atoms with van der Waals surface area (Å²) in [5.41, 5.74) is 4.40. The highest BCUT2D eigenvalue weighted by atomic mass is 16.6. The molecule has 0 spiro atoms. The molecule has 38 heavy (non-hydrogen) atoms. The van der Waals surface area contributed by atoms with Gasteiger partial charge in [0.1, 0.15) is 5.60 Å². The quantitative estimate of drug-likeness (QED) is 0.251. The van der Waals surface area contributed by atoms with Gasteiger partial charge in [0, 0.05) is 25.2 Å². The predicted molar refractivity (Wildman–Crippen MR) is 152 cm³/mol. The normalized spacial score (nSPS) is 12.4. The Morgan fingerprint density at radius 1 is 0.947 bits per heavy atom. The van der Waals surface area contributed by atoms with Gasteiger partial charge in [0.25, 0.3) is 0 Å². The van der Waals surface area contributed by atoms with Gasteiger partial charge < -0.3 is 25.3 Å². The molecular formula is C29H37N7O2. The molecule has 2 aromatic carbocycles. The third-order valence-corrected chi connectivity index (χ3v) is 5.83. The summed E-state index contributed by atoms with van der Waals surface area (Å²) in [4.78, 5) is 26.1. The first-order chi connectivity index (χ1) is 18.1. The van der Waals surface area contributed by atoms with Crippen LogP contribution in [0.5, 0.6) is 0 Å². The van der Waals surface area contributed by atoms with Crippen LogP contribution in [0.2, 0.25) is 0 Å². The minimum Gasteiger partial charge on any atom is -0.444 e. The zero-order chi connectivity index (χ0) is 27.3. The summed E-state index contributed by atoms with van der Waals surface area (Å²) in [6.07, 6.45) is 1.34. The fourth-order valence-electron chi connectivity index (χ4n) is 3.93. The van der Waals surface area contributed by atoms with Crippen LogP contribution in [0.4, 0.5) is 16.6 Å². The number of aromatic nitrogens is 4. The zero-order valence-electron chi connectivity index (χ0n) is 22.9. The van der Waals surface area contributed by atoms with E-state index in [-0.39, 0.29) is 12.1 Å². The first-order valence-corrected chi connectivity index (χ1v) is 13.0. The molecule has 0 unspecified atom stereocenters. The number of imidazole rings is 1. The van der Waals surface area contributed by atoms with Crippen molar-refractivity contribution in [1.29, 1.82) is 0 Å². The lowest BCUT2D eigenvalue weighted by atomic mass is 10.0. The molecule has 3 N–H and O–H groups in total. The lowest BCUT2D eigenvalue weighted by Gasteiger charge is -2.22. The highest BCUT2D eigenvalue weighted by molar-refractivity contribution is 5.84. The van der Waals surface area contributed by atoms with Crippen molar-refractivity contribution in [3.05, 3.63) is 66.5 Å². The smallest absolute Gasteiger partial charge is 0.407 e. The number of benzene rings is 2. The first kappa shape index (κ1) is 26.9. The number of rotatable bonds is 9. The molecule has 2 aromatic heterocycles. The van der Waals surface area contributed by atoms with Crippen LogP contribution in [0.3, 0.4) is 0 Å². The van der Waals surface area contributed by atoms with Crippen molar-refractivity contribution in [2.75, 3.05) is 17.2 Å². The van der Waals surface area contributed by atoms with E-state index in [0.717, 1.165) is 11.2 Å². The van der Waals surface area contributed by atoms with E-state index < -0.39 is 11.7 Å². The van der Waals surface area contributed by atoms with Crippen molar-refractivity contribution in [2.24, 2.45) is 0 Å². The number of carbonyl (C=O) groups excluding carboxylic acids is 1. The van der Waals surface area contributed by atoms with Gasteiger partial charge in [-0.15, -0.1) is 0 Å². The van der Waals surface area contributed by atoms with Gasteiger partial charge in [-0.2, -0.15) is 9.97 Å². The molecule has 0 bridgehead atoms. The van der Waals surface area contributed by atoms with Gasteiger partial charge in [0.05, 0.1) is 6.33 Å². The Balaban J connectivity index is 1.48. The molecule has 1 atom stereocenters. The van der Waals surface area contributed by atoms with Crippen LogP contribution < -0.4 is 16.0 Å². The van der Waals surface area contributed by atoms with Gasteiger partial charge in [0.15, 0.2) is 17.0 Å². The molecule has 200 valence electrons. The summed E-state index contributed by atoms with van der Waals surface area (Å²) in [5, 5.41) is 9.53. The first-order valence-electron chi connectivity index (χ1n) is 13.0. The van der Waals surface area contributed by atoms with Crippen molar-refractivity contribution >= 4 is 29.0 Å². The molecule has 0 saturated carbocycles.